The van der Waals surface area contributed by atoms with E-state index < -0.39 is 8.32 Å². The fraction of sp³-hybridized carbons (Fsp3) is 1.00. The summed E-state index contributed by atoms with van der Waals surface area (Å²) in [6.45, 7) is 14.1. The van der Waals surface area contributed by atoms with E-state index in [4.69, 9.17) is 23.4 Å². The summed E-state index contributed by atoms with van der Waals surface area (Å²) < 4.78 is 28.0. The lowest BCUT2D eigenvalue weighted by atomic mass is 10.0. The largest absolute Gasteiger partial charge is 0.412 e. The van der Waals surface area contributed by atoms with Gasteiger partial charge >= 0.3 is 0 Å². The highest BCUT2D eigenvalue weighted by Crippen LogP contribution is 2.38. The van der Waals surface area contributed by atoms with E-state index in [1.54, 1.807) is 14.2 Å². The molecule has 3 atom stereocenters. The highest BCUT2D eigenvalue weighted by Gasteiger charge is 2.39. The van der Waals surface area contributed by atoms with Gasteiger partial charge in [0.25, 0.3) is 0 Å². The van der Waals surface area contributed by atoms with E-state index in [-0.39, 0.29) is 36.7 Å². The predicted molar refractivity (Wildman–Crippen MR) is 125 cm³/mol. The van der Waals surface area contributed by atoms with E-state index in [2.05, 4.69) is 40.8 Å². The van der Waals surface area contributed by atoms with Crippen molar-refractivity contribution in [3.8, 4) is 0 Å². The first-order valence-electron chi connectivity index (χ1n) is 11.6. The van der Waals surface area contributed by atoms with E-state index >= 15 is 0 Å². The number of methoxy groups -OCH3 is 2. The Morgan fingerprint density at radius 2 is 1.30 bits per heavy atom. The molecule has 0 radical (unpaired) electrons. The Labute approximate surface area is 187 Å². The molecule has 0 aliphatic heterocycles. The van der Waals surface area contributed by atoms with Gasteiger partial charge in [-0.1, -0.05) is 59.3 Å². The summed E-state index contributed by atoms with van der Waals surface area (Å²) in [5.41, 5.74) is 0. The van der Waals surface area contributed by atoms with Crippen molar-refractivity contribution in [3.05, 3.63) is 0 Å². The van der Waals surface area contributed by atoms with Crippen LogP contribution in [0.3, 0.4) is 0 Å². The van der Waals surface area contributed by atoms with Gasteiger partial charge in [-0.2, -0.15) is 0 Å². The minimum atomic E-state index is -1.82. The van der Waals surface area contributed by atoms with Gasteiger partial charge in [0.1, 0.15) is 13.6 Å². The lowest BCUT2D eigenvalue weighted by Gasteiger charge is -2.40. The second-order valence-electron chi connectivity index (χ2n) is 9.77. The fourth-order valence-electron chi connectivity index (χ4n) is 3.14. The van der Waals surface area contributed by atoms with Crippen molar-refractivity contribution in [2.75, 3.05) is 34.4 Å². The maximum atomic E-state index is 9.29. The number of hydrogen-bond acceptors (Lipinski definition) is 6. The van der Waals surface area contributed by atoms with Crippen molar-refractivity contribution >= 4 is 8.32 Å². The molecular formula is C23H50O6Si. The van der Waals surface area contributed by atoms with Gasteiger partial charge in [0.2, 0.25) is 0 Å². The zero-order chi connectivity index (χ0) is 23.0. The molecule has 6 nitrogen and oxygen atoms in total. The van der Waals surface area contributed by atoms with E-state index in [9.17, 15) is 5.11 Å². The zero-order valence-electron chi connectivity index (χ0n) is 21.0. The summed E-state index contributed by atoms with van der Waals surface area (Å²) in [4.78, 5) is 0. The van der Waals surface area contributed by atoms with Crippen molar-refractivity contribution in [3.63, 3.8) is 0 Å². The third-order valence-corrected chi connectivity index (χ3v) is 10.7. The van der Waals surface area contributed by atoms with Crippen molar-refractivity contribution in [2.45, 2.75) is 116 Å². The van der Waals surface area contributed by atoms with Crippen LogP contribution in [0.4, 0.5) is 0 Å². The van der Waals surface area contributed by atoms with Crippen LogP contribution >= 0.6 is 0 Å². The van der Waals surface area contributed by atoms with Crippen LogP contribution in [-0.2, 0) is 23.4 Å². The molecule has 0 amide bonds. The van der Waals surface area contributed by atoms with Crippen molar-refractivity contribution in [1.82, 2.24) is 0 Å². The first-order chi connectivity index (χ1) is 14.1. The summed E-state index contributed by atoms with van der Waals surface area (Å²) in [7, 11) is 1.44. The van der Waals surface area contributed by atoms with E-state index in [1.165, 1.54) is 25.7 Å². The highest BCUT2D eigenvalue weighted by atomic mass is 28.4. The summed E-state index contributed by atoms with van der Waals surface area (Å²) in [6.07, 6.45) is 8.92. The molecule has 182 valence electrons. The van der Waals surface area contributed by atoms with Crippen LogP contribution in [0.25, 0.3) is 0 Å². The Morgan fingerprint density at radius 3 is 1.80 bits per heavy atom. The van der Waals surface area contributed by atoms with Gasteiger partial charge in [0.05, 0.1) is 24.9 Å². The Bertz CT molecular complexity index is 400. The molecule has 0 aromatic heterocycles. The smallest absolute Gasteiger partial charge is 0.192 e. The molecule has 0 aromatic rings. The van der Waals surface area contributed by atoms with Gasteiger partial charge in [0.15, 0.2) is 8.32 Å². The number of unbranched alkanes of at least 4 members (excludes halogenated alkanes) is 5. The number of hydrogen-bond donors (Lipinski definition) is 1. The van der Waals surface area contributed by atoms with Crippen LogP contribution in [0.1, 0.15) is 79.1 Å². The summed E-state index contributed by atoms with van der Waals surface area (Å²) in [5, 5.41) is 9.48. The highest BCUT2D eigenvalue weighted by molar-refractivity contribution is 6.74. The minimum absolute atomic E-state index is 0.0569. The van der Waals surface area contributed by atoms with Crippen molar-refractivity contribution < 1.29 is 28.5 Å². The molecule has 30 heavy (non-hydrogen) atoms. The first-order valence-corrected chi connectivity index (χ1v) is 14.5. The molecule has 0 heterocycles. The minimum Gasteiger partial charge on any atom is -0.412 e. The normalized spacial score (nSPS) is 15.9. The molecule has 0 spiro atoms. The maximum Gasteiger partial charge on any atom is 0.192 e. The topological polar surface area (TPSA) is 66.4 Å². The Kier molecular flexibility index (Phi) is 16.6. The molecule has 1 N–H and O–H groups in total. The van der Waals surface area contributed by atoms with Gasteiger partial charge in [-0.25, -0.2) is 0 Å². The number of aliphatic hydroxyl groups excluding tert-OH is 1. The van der Waals surface area contributed by atoms with E-state index in [1.807, 2.05) is 0 Å². The molecule has 0 aliphatic carbocycles. The van der Waals surface area contributed by atoms with E-state index in [0.29, 0.717) is 6.79 Å². The second kappa shape index (κ2) is 16.6. The van der Waals surface area contributed by atoms with Crippen molar-refractivity contribution in [2.24, 2.45) is 0 Å². The standard InChI is InChI=1S/C23H50O6Si/c1-20(29-30(7,8)23(2,3)4)22(28-19-26-6)16-14-12-10-9-11-13-15-21(17-24)27-18-25-5/h20-22,24H,9-19H2,1-8H3/t20-,21+,22+/m1/s1. The van der Waals surface area contributed by atoms with Crippen molar-refractivity contribution in [1.29, 1.82) is 0 Å². The summed E-state index contributed by atoms with van der Waals surface area (Å²) in [5.74, 6) is 0. The Hall–Kier alpha value is -0.0231. The predicted octanol–water partition coefficient (Wildman–Crippen LogP) is 5.49. The molecule has 0 bridgehead atoms. The lowest BCUT2D eigenvalue weighted by Crippen LogP contribution is -2.46. The monoisotopic (exact) mass is 450 g/mol. The number of aliphatic hydroxyl groups is 1. The van der Waals surface area contributed by atoms with Gasteiger partial charge < -0.3 is 28.5 Å². The average Bonchev–Trinajstić information content (AvgIpc) is 2.67. The molecule has 0 aliphatic rings. The van der Waals surface area contributed by atoms with Crippen LogP contribution < -0.4 is 0 Å². The summed E-state index contributed by atoms with van der Waals surface area (Å²) in [6, 6.07) is 0. The Morgan fingerprint density at radius 1 is 0.800 bits per heavy atom. The van der Waals surface area contributed by atoms with Gasteiger partial charge in [-0.05, 0) is 37.9 Å². The average molecular weight is 451 g/mol. The van der Waals surface area contributed by atoms with Crippen LogP contribution in [0.15, 0.2) is 0 Å². The fourth-order valence-corrected chi connectivity index (χ4v) is 4.58. The SMILES string of the molecule is COCO[C@H](CO)CCCCCCCC[C@H](OCOC)[C@@H](C)O[Si](C)(C)C(C)(C)C. The molecule has 0 saturated heterocycles. The third kappa shape index (κ3) is 13.4. The first kappa shape index (κ1) is 30.0. The van der Waals surface area contributed by atoms with E-state index in [0.717, 1.165) is 25.7 Å². The molecule has 0 fully saturated rings. The molecule has 0 aromatic carbocycles. The van der Waals surface area contributed by atoms with Crippen LogP contribution in [-0.4, -0.2) is 66.1 Å². The lowest BCUT2D eigenvalue weighted by molar-refractivity contribution is -0.108. The van der Waals surface area contributed by atoms with Gasteiger partial charge in [0, 0.05) is 14.2 Å². The Balaban J connectivity index is 4.15. The van der Waals surface area contributed by atoms with Crippen LogP contribution in [0.2, 0.25) is 18.1 Å². The molecule has 0 rings (SSSR count). The maximum absolute atomic E-state index is 9.29. The molecule has 0 unspecified atom stereocenters. The molecule has 0 saturated carbocycles. The summed E-state index contributed by atoms with van der Waals surface area (Å²) >= 11 is 0. The number of rotatable bonds is 19. The quantitative estimate of drug-likeness (QED) is 0.159. The van der Waals surface area contributed by atoms with Crippen LogP contribution in [0.5, 0.6) is 0 Å². The third-order valence-electron chi connectivity index (χ3n) is 6.10. The van der Waals surface area contributed by atoms with Gasteiger partial charge in [-0.3, -0.25) is 0 Å². The van der Waals surface area contributed by atoms with Crippen LogP contribution in [0, 0.1) is 0 Å². The second-order valence-corrected chi connectivity index (χ2v) is 14.5. The molecular weight excluding hydrogens is 400 g/mol. The zero-order valence-corrected chi connectivity index (χ0v) is 22.0. The van der Waals surface area contributed by atoms with Gasteiger partial charge in [-0.15, -0.1) is 0 Å². The molecule has 7 heteroatoms. The number of ether oxygens (including phenoxy) is 4.